The molecule has 2 aromatic rings. The number of nitrogens with two attached hydrogens (primary N) is 1. The molecule has 0 saturated heterocycles. The van der Waals surface area contributed by atoms with Gasteiger partial charge in [-0.15, -0.1) is 0 Å². The standard InChI is InChI=1S/C11H11BrN4O3/c1-19-8-4-2-7(3-5-8)6-15-11(13)9(16(17)18)10(12)14-15/h2-5H,6,13H2,1H3. The number of methoxy groups -OCH3 is 1. The van der Waals surface area contributed by atoms with Crippen molar-refractivity contribution in [1.29, 1.82) is 0 Å². The van der Waals surface area contributed by atoms with E-state index in [1.165, 1.54) is 4.68 Å². The van der Waals surface area contributed by atoms with Crippen LogP contribution < -0.4 is 10.5 Å². The van der Waals surface area contributed by atoms with Crippen molar-refractivity contribution < 1.29 is 9.66 Å². The van der Waals surface area contributed by atoms with E-state index in [9.17, 15) is 10.1 Å². The Labute approximate surface area is 117 Å². The van der Waals surface area contributed by atoms with Gasteiger partial charge in [0.25, 0.3) is 0 Å². The van der Waals surface area contributed by atoms with E-state index in [0.29, 0.717) is 6.54 Å². The lowest BCUT2D eigenvalue weighted by molar-refractivity contribution is -0.384. The Morgan fingerprint density at radius 1 is 1.47 bits per heavy atom. The summed E-state index contributed by atoms with van der Waals surface area (Å²) < 4.78 is 6.56. The van der Waals surface area contributed by atoms with Gasteiger partial charge in [0.15, 0.2) is 0 Å². The molecule has 1 aromatic carbocycles. The highest BCUT2D eigenvalue weighted by atomic mass is 79.9. The Morgan fingerprint density at radius 3 is 2.58 bits per heavy atom. The molecule has 0 saturated carbocycles. The highest BCUT2D eigenvalue weighted by Gasteiger charge is 2.24. The summed E-state index contributed by atoms with van der Waals surface area (Å²) in [5.74, 6) is 0.761. The van der Waals surface area contributed by atoms with Crippen LogP contribution in [-0.4, -0.2) is 21.8 Å². The molecular formula is C11H11BrN4O3. The summed E-state index contributed by atoms with van der Waals surface area (Å²) in [6.45, 7) is 0.349. The van der Waals surface area contributed by atoms with Crippen LogP contribution in [0.4, 0.5) is 11.5 Å². The molecule has 100 valence electrons. The van der Waals surface area contributed by atoms with E-state index in [1.807, 2.05) is 12.1 Å². The lowest BCUT2D eigenvalue weighted by atomic mass is 10.2. The summed E-state index contributed by atoms with van der Waals surface area (Å²) in [7, 11) is 1.58. The van der Waals surface area contributed by atoms with Gasteiger partial charge in [-0.3, -0.25) is 10.1 Å². The van der Waals surface area contributed by atoms with Gasteiger partial charge in [0, 0.05) is 0 Å². The average Bonchev–Trinajstić information content (AvgIpc) is 2.65. The fraction of sp³-hybridized carbons (Fsp3) is 0.182. The molecule has 0 aliphatic heterocycles. The second kappa shape index (κ2) is 5.27. The Morgan fingerprint density at radius 2 is 2.11 bits per heavy atom. The van der Waals surface area contributed by atoms with E-state index in [4.69, 9.17) is 10.5 Å². The lowest BCUT2D eigenvalue weighted by Crippen LogP contribution is -2.06. The fourth-order valence-electron chi connectivity index (χ4n) is 1.63. The molecule has 0 unspecified atom stereocenters. The summed E-state index contributed by atoms with van der Waals surface area (Å²) in [5, 5.41) is 14.8. The van der Waals surface area contributed by atoms with Gasteiger partial charge in [-0.2, -0.15) is 5.10 Å². The molecule has 0 atom stereocenters. The second-order valence-electron chi connectivity index (χ2n) is 3.79. The largest absolute Gasteiger partial charge is 0.497 e. The minimum atomic E-state index is -0.559. The molecule has 8 heteroatoms. The molecule has 0 bridgehead atoms. The van der Waals surface area contributed by atoms with Gasteiger partial charge in [-0.05, 0) is 33.6 Å². The number of rotatable bonds is 4. The highest BCUT2D eigenvalue weighted by molar-refractivity contribution is 9.10. The zero-order valence-corrected chi connectivity index (χ0v) is 11.6. The number of hydrogen-bond donors (Lipinski definition) is 1. The van der Waals surface area contributed by atoms with Gasteiger partial charge in [-0.25, -0.2) is 4.68 Å². The van der Waals surface area contributed by atoms with Crippen LogP contribution in [0.3, 0.4) is 0 Å². The maximum atomic E-state index is 10.8. The van der Waals surface area contributed by atoms with Crippen molar-refractivity contribution in [3.63, 3.8) is 0 Å². The third kappa shape index (κ3) is 2.68. The van der Waals surface area contributed by atoms with Crippen molar-refractivity contribution in [2.24, 2.45) is 0 Å². The number of anilines is 1. The van der Waals surface area contributed by atoms with Crippen molar-refractivity contribution in [3.8, 4) is 5.75 Å². The minimum Gasteiger partial charge on any atom is -0.497 e. The zero-order chi connectivity index (χ0) is 14.0. The number of ether oxygens (including phenoxy) is 1. The summed E-state index contributed by atoms with van der Waals surface area (Å²) >= 11 is 3.03. The highest BCUT2D eigenvalue weighted by Crippen LogP contribution is 2.30. The molecular weight excluding hydrogens is 316 g/mol. The number of nitrogens with zero attached hydrogens (tertiary/aromatic N) is 3. The number of hydrogen-bond acceptors (Lipinski definition) is 5. The quantitative estimate of drug-likeness (QED) is 0.686. The Bertz CT molecular complexity index is 609. The molecule has 0 radical (unpaired) electrons. The molecule has 0 fully saturated rings. The van der Waals surface area contributed by atoms with E-state index in [0.717, 1.165) is 11.3 Å². The van der Waals surface area contributed by atoms with Crippen LogP contribution >= 0.6 is 15.9 Å². The van der Waals surface area contributed by atoms with Crippen LogP contribution in [-0.2, 0) is 6.54 Å². The van der Waals surface area contributed by atoms with Crippen LogP contribution in [0.1, 0.15) is 5.56 Å². The number of halogens is 1. The van der Waals surface area contributed by atoms with E-state index in [-0.39, 0.29) is 16.1 Å². The number of aromatic nitrogens is 2. The van der Waals surface area contributed by atoms with Crippen molar-refractivity contribution in [3.05, 3.63) is 44.5 Å². The molecule has 0 aliphatic carbocycles. The van der Waals surface area contributed by atoms with Crippen molar-refractivity contribution in [2.45, 2.75) is 6.54 Å². The predicted octanol–water partition coefficient (Wildman–Crippen LogP) is 2.19. The first-order chi connectivity index (χ1) is 9.02. The van der Waals surface area contributed by atoms with Crippen molar-refractivity contribution in [1.82, 2.24) is 9.78 Å². The van der Waals surface area contributed by atoms with Gasteiger partial charge < -0.3 is 10.5 Å². The van der Waals surface area contributed by atoms with Gasteiger partial charge in [0.2, 0.25) is 10.4 Å². The molecule has 19 heavy (non-hydrogen) atoms. The van der Waals surface area contributed by atoms with Gasteiger partial charge in [0.05, 0.1) is 18.6 Å². The van der Waals surface area contributed by atoms with E-state index < -0.39 is 4.92 Å². The minimum absolute atomic E-state index is 0.0210. The first-order valence-corrected chi connectivity index (χ1v) is 6.11. The average molecular weight is 327 g/mol. The van der Waals surface area contributed by atoms with Crippen LogP contribution in [0.2, 0.25) is 0 Å². The van der Waals surface area contributed by atoms with E-state index >= 15 is 0 Å². The topological polar surface area (TPSA) is 96.2 Å². The first-order valence-electron chi connectivity index (χ1n) is 5.32. The Balaban J connectivity index is 2.28. The number of benzene rings is 1. The normalized spacial score (nSPS) is 10.4. The first kappa shape index (κ1) is 13.3. The molecule has 2 rings (SSSR count). The molecule has 0 aliphatic rings. The predicted molar refractivity (Wildman–Crippen MR) is 73.1 cm³/mol. The summed E-state index contributed by atoms with van der Waals surface area (Å²) in [6, 6.07) is 7.30. The maximum absolute atomic E-state index is 10.8. The Hall–Kier alpha value is -2.09. The van der Waals surface area contributed by atoms with Gasteiger partial charge >= 0.3 is 5.69 Å². The fourth-order valence-corrected chi connectivity index (χ4v) is 2.17. The van der Waals surface area contributed by atoms with Gasteiger partial charge in [-0.1, -0.05) is 12.1 Å². The van der Waals surface area contributed by atoms with Crippen LogP contribution in [0, 0.1) is 10.1 Å². The van der Waals surface area contributed by atoms with E-state index in [2.05, 4.69) is 21.0 Å². The third-order valence-corrected chi connectivity index (χ3v) is 3.13. The number of nitrogen functional groups attached to an aromatic ring is 1. The molecule has 0 spiro atoms. The molecule has 1 aromatic heterocycles. The molecule has 2 N–H and O–H groups in total. The summed E-state index contributed by atoms with van der Waals surface area (Å²) in [5.41, 5.74) is 6.41. The van der Waals surface area contributed by atoms with Crippen LogP contribution in [0.5, 0.6) is 5.75 Å². The zero-order valence-electron chi connectivity index (χ0n) is 10.0. The van der Waals surface area contributed by atoms with E-state index in [1.54, 1.807) is 19.2 Å². The third-order valence-electron chi connectivity index (χ3n) is 2.60. The molecule has 7 nitrogen and oxygen atoms in total. The van der Waals surface area contributed by atoms with Crippen LogP contribution in [0.25, 0.3) is 0 Å². The summed E-state index contributed by atoms with van der Waals surface area (Å²) in [6.07, 6.45) is 0. The molecule has 1 heterocycles. The lowest BCUT2D eigenvalue weighted by Gasteiger charge is -2.04. The SMILES string of the molecule is COc1ccc(Cn2nc(Br)c([N+](=O)[O-])c2N)cc1. The Kier molecular flexibility index (Phi) is 3.70. The number of nitro groups is 1. The maximum Gasteiger partial charge on any atom is 0.345 e. The van der Waals surface area contributed by atoms with Crippen LogP contribution in [0.15, 0.2) is 28.9 Å². The van der Waals surface area contributed by atoms with Gasteiger partial charge in [0.1, 0.15) is 5.75 Å². The van der Waals surface area contributed by atoms with Crippen molar-refractivity contribution in [2.75, 3.05) is 12.8 Å². The second-order valence-corrected chi connectivity index (χ2v) is 4.54. The summed E-state index contributed by atoms with van der Waals surface area (Å²) in [4.78, 5) is 10.3. The smallest absolute Gasteiger partial charge is 0.345 e. The van der Waals surface area contributed by atoms with Crippen molar-refractivity contribution >= 4 is 27.4 Å². The monoisotopic (exact) mass is 326 g/mol. The molecule has 0 amide bonds.